The highest BCUT2D eigenvalue weighted by molar-refractivity contribution is 7.98. The molecular weight excluding hydrogens is 502 g/mol. The molecule has 5 amide bonds. The normalized spacial score (nSPS) is 12.3. The van der Waals surface area contributed by atoms with E-state index in [1.807, 2.05) is 31.2 Å². The second kappa shape index (κ2) is 15.4. The number of carbonyl (C=O) groups excluding carboxylic acids is 5. The first-order valence-corrected chi connectivity index (χ1v) is 12.5. The van der Waals surface area contributed by atoms with Crippen molar-refractivity contribution in [3.8, 4) is 0 Å². The van der Waals surface area contributed by atoms with Crippen LogP contribution in [0.1, 0.15) is 44.7 Å². The zero-order chi connectivity index (χ0) is 28.0. The van der Waals surface area contributed by atoms with Gasteiger partial charge in [-0.05, 0) is 50.3 Å². The highest BCUT2D eigenvalue weighted by Crippen LogP contribution is 2.14. The van der Waals surface area contributed by atoms with E-state index in [4.69, 9.17) is 16.0 Å². The molecule has 1 aromatic carbocycles. The summed E-state index contributed by atoms with van der Waals surface area (Å²) in [7, 11) is 0. The number of rotatable bonds is 13. The number of nitrogens with one attached hydrogen (secondary N) is 3. The summed E-state index contributed by atoms with van der Waals surface area (Å²) in [5.41, 5.74) is 15.0. The number of amides is 5. The molecule has 2 atom stereocenters. The molecule has 0 aliphatic carbocycles. The van der Waals surface area contributed by atoms with E-state index in [-0.39, 0.29) is 18.6 Å². The maximum Gasteiger partial charge on any atom is 0.408 e. The van der Waals surface area contributed by atoms with Crippen molar-refractivity contribution in [2.24, 2.45) is 10.8 Å². The third kappa shape index (κ3) is 13.8. The lowest BCUT2D eigenvalue weighted by Crippen LogP contribution is -2.51. The Hall–Kier alpha value is -3.77. The maximum atomic E-state index is 12.6. The fourth-order valence-corrected chi connectivity index (χ4v) is 3.82. The minimum Gasteiger partial charge on any atom is -0.444 e. The molecule has 0 aliphatic rings. The smallest absolute Gasteiger partial charge is 0.408 e. The number of azide groups is 1. The van der Waals surface area contributed by atoms with Gasteiger partial charge in [-0.15, -0.1) is 0 Å². The highest BCUT2D eigenvalue weighted by Gasteiger charge is 2.26. The van der Waals surface area contributed by atoms with Gasteiger partial charge in [0, 0.05) is 22.8 Å². The van der Waals surface area contributed by atoms with Gasteiger partial charge in [0.05, 0.1) is 6.54 Å². The zero-order valence-electron chi connectivity index (χ0n) is 21.3. The molecule has 0 saturated carbocycles. The van der Waals surface area contributed by atoms with Gasteiger partial charge in [0.2, 0.25) is 23.6 Å². The Kier molecular flexibility index (Phi) is 13.0. The molecular formula is C23H33N7O6S. The summed E-state index contributed by atoms with van der Waals surface area (Å²) >= 11 is 1.35. The predicted octanol–water partition coefficient (Wildman–Crippen LogP) is 1.82. The molecule has 0 saturated heterocycles. The minimum absolute atomic E-state index is 0.115. The van der Waals surface area contributed by atoms with Gasteiger partial charge in [0.25, 0.3) is 0 Å². The lowest BCUT2D eigenvalue weighted by molar-refractivity contribution is -0.129. The molecule has 13 nitrogen and oxygen atoms in total. The van der Waals surface area contributed by atoms with Crippen LogP contribution in [0.3, 0.4) is 0 Å². The van der Waals surface area contributed by atoms with Crippen LogP contribution in [0.5, 0.6) is 0 Å². The standard InChI is InChI=1S/C23H33N7O6S/c1-14-5-7-15(8-6-14)12-37-13-17(21(34)29-30-25)27-19(32)11-26-20(33)16(9-10-18(24)31)28-22(35)36-23(2,3)4/h5-8,16-17H,9-13H2,1-4H3,(H2,24,31)(H,26,33)(H,27,32)(H,28,35)/t16-,17-/m0/s1. The monoisotopic (exact) mass is 535 g/mol. The number of hydrogen-bond acceptors (Lipinski definition) is 7. The number of nitrogens with zero attached hydrogens (tertiary/aromatic N) is 3. The first-order chi connectivity index (χ1) is 17.3. The van der Waals surface area contributed by atoms with Crippen molar-refractivity contribution in [3.05, 3.63) is 45.8 Å². The van der Waals surface area contributed by atoms with Gasteiger partial charge in [0.1, 0.15) is 17.7 Å². The van der Waals surface area contributed by atoms with Crippen molar-refractivity contribution in [3.63, 3.8) is 0 Å². The van der Waals surface area contributed by atoms with E-state index in [1.54, 1.807) is 20.8 Å². The van der Waals surface area contributed by atoms with Crippen LogP contribution < -0.4 is 21.7 Å². The topological polar surface area (TPSA) is 205 Å². The Morgan fingerprint density at radius 1 is 1.11 bits per heavy atom. The van der Waals surface area contributed by atoms with E-state index >= 15 is 0 Å². The summed E-state index contributed by atoms with van der Waals surface area (Å²) in [5, 5.41) is 10.2. The molecule has 0 aromatic heterocycles. The van der Waals surface area contributed by atoms with E-state index in [0.29, 0.717) is 5.75 Å². The first-order valence-electron chi connectivity index (χ1n) is 11.4. The molecule has 202 valence electrons. The van der Waals surface area contributed by atoms with Crippen LogP contribution in [-0.2, 0) is 29.7 Å². The summed E-state index contributed by atoms with van der Waals surface area (Å²) in [4.78, 5) is 62.9. The third-order valence-corrected chi connectivity index (χ3v) is 5.67. The number of ether oxygens (including phenoxy) is 1. The van der Waals surface area contributed by atoms with Crippen LogP contribution >= 0.6 is 11.8 Å². The van der Waals surface area contributed by atoms with Crippen LogP contribution in [0.2, 0.25) is 0 Å². The number of thioether (sulfide) groups is 1. The molecule has 0 spiro atoms. The van der Waals surface area contributed by atoms with E-state index in [1.165, 1.54) is 11.8 Å². The number of aryl methyl sites for hydroxylation is 1. The summed E-state index contributed by atoms with van der Waals surface area (Å²) in [5.74, 6) is -2.33. The number of hydrogen-bond donors (Lipinski definition) is 4. The van der Waals surface area contributed by atoms with Crippen molar-refractivity contribution in [2.45, 2.75) is 64.0 Å². The van der Waals surface area contributed by atoms with Gasteiger partial charge in [-0.1, -0.05) is 29.8 Å². The number of carbonyl (C=O) groups is 5. The fraction of sp³-hybridized carbons (Fsp3) is 0.522. The maximum absolute atomic E-state index is 12.6. The molecule has 0 aliphatic heterocycles. The molecule has 1 aromatic rings. The minimum atomic E-state index is -1.19. The quantitative estimate of drug-likeness (QED) is 0.167. The fourth-order valence-electron chi connectivity index (χ4n) is 2.81. The zero-order valence-corrected chi connectivity index (χ0v) is 22.1. The van der Waals surface area contributed by atoms with Crippen LogP contribution in [-0.4, -0.2) is 59.7 Å². The second-order valence-corrected chi connectivity index (χ2v) is 10.1. The molecule has 0 bridgehead atoms. The summed E-state index contributed by atoms with van der Waals surface area (Å²) < 4.78 is 5.12. The van der Waals surface area contributed by atoms with Crippen molar-refractivity contribution in [1.29, 1.82) is 0 Å². The average molecular weight is 536 g/mol. The molecule has 0 unspecified atom stereocenters. The van der Waals surface area contributed by atoms with E-state index < -0.39 is 54.0 Å². The molecule has 0 fully saturated rings. The molecule has 5 N–H and O–H groups in total. The van der Waals surface area contributed by atoms with Gasteiger partial charge < -0.3 is 26.4 Å². The van der Waals surface area contributed by atoms with Gasteiger partial charge in [-0.25, -0.2) is 4.79 Å². The average Bonchev–Trinajstić information content (AvgIpc) is 2.79. The Balaban J connectivity index is 2.71. The van der Waals surface area contributed by atoms with Gasteiger partial charge in [0.15, 0.2) is 0 Å². The molecule has 0 heterocycles. The van der Waals surface area contributed by atoms with Crippen molar-refractivity contribution < 1.29 is 28.7 Å². The first kappa shape index (κ1) is 31.3. The van der Waals surface area contributed by atoms with Crippen LogP contribution in [0.4, 0.5) is 4.79 Å². The molecule has 14 heteroatoms. The van der Waals surface area contributed by atoms with Crippen molar-refractivity contribution >= 4 is 41.5 Å². The lowest BCUT2D eigenvalue weighted by atomic mass is 10.1. The number of primary amides is 1. The highest BCUT2D eigenvalue weighted by atomic mass is 32.2. The predicted molar refractivity (Wildman–Crippen MR) is 138 cm³/mol. The SMILES string of the molecule is Cc1ccc(CSC[C@H](NC(=O)CNC(=O)[C@H](CCC(N)=O)NC(=O)OC(C)(C)C)C(=O)N=[N+]=[N-])cc1. The van der Waals surface area contributed by atoms with Crippen LogP contribution in [0.25, 0.3) is 10.4 Å². The Bertz CT molecular complexity index is 1020. The van der Waals surface area contributed by atoms with E-state index in [9.17, 15) is 24.0 Å². The van der Waals surface area contributed by atoms with E-state index in [0.717, 1.165) is 11.1 Å². The van der Waals surface area contributed by atoms with Gasteiger partial charge >= 0.3 is 6.09 Å². The second-order valence-electron chi connectivity index (χ2n) is 9.07. The van der Waals surface area contributed by atoms with Crippen LogP contribution in [0, 0.1) is 6.92 Å². The summed E-state index contributed by atoms with van der Waals surface area (Å²) in [6.07, 6.45) is -1.19. The Morgan fingerprint density at radius 3 is 2.32 bits per heavy atom. The molecule has 0 radical (unpaired) electrons. The van der Waals surface area contributed by atoms with Crippen molar-refractivity contribution in [2.75, 3.05) is 12.3 Å². The lowest BCUT2D eigenvalue weighted by Gasteiger charge is -2.23. The largest absolute Gasteiger partial charge is 0.444 e. The summed E-state index contributed by atoms with van der Waals surface area (Å²) in [6, 6.07) is 5.50. The van der Waals surface area contributed by atoms with Gasteiger partial charge in [-0.2, -0.15) is 11.8 Å². The van der Waals surface area contributed by atoms with Crippen molar-refractivity contribution in [1.82, 2.24) is 16.0 Å². The van der Waals surface area contributed by atoms with E-state index in [2.05, 4.69) is 26.0 Å². The summed E-state index contributed by atoms with van der Waals surface area (Å²) in [6.45, 7) is 6.35. The van der Waals surface area contributed by atoms with Gasteiger partial charge in [-0.3, -0.25) is 19.2 Å². The number of benzene rings is 1. The van der Waals surface area contributed by atoms with Crippen LogP contribution in [0.15, 0.2) is 29.4 Å². The number of alkyl carbamates (subject to hydrolysis) is 1. The molecule has 1 rings (SSSR count). The Morgan fingerprint density at radius 2 is 1.76 bits per heavy atom. The Labute approximate surface area is 219 Å². The molecule has 37 heavy (non-hydrogen) atoms. The third-order valence-electron chi connectivity index (χ3n) is 4.56. The number of nitrogens with two attached hydrogens (primary N) is 1.